The molecule has 9 heteroatoms. The van der Waals surface area contributed by atoms with Crippen molar-refractivity contribution < 1.29 is 13.2 Å². The fourth-order valence-electron chi connectivity index (χ4n) is 2.18. The van der Waals surface area contributed by atoms with E-state index in [4.69, 9.17) is 10.6 Å². The Morgan fingerprint density at radius 1 is 1.57 bits per heavy atom. The third-order valence-corrected chi connectivity index (χ3v) is 4.73. The summed E-state index contributed by atoms with van der Waals surface area (Å²) in [5, 5.41) is -0.115. The van der Waals surface area contributed by atoms with Crippen LogP contribution in [0, 0.1) is 0 Å². The van der Waals surface area contributed by atoms with Gasteiger partial charge in [-0.25, -0.2) is 18.1 Å². The first-order valence-electron chi connectivity index (χ1n) is 6.82. The van der Waals surface area contributed by atoms with E-state index in [9.17, 15) is 8.42 Å². The van der Waals surface area contributed by atoms with Gasteiger partial charge in [-0.15, -0.1) is 0 Å². The summed E-state index contributed by atoms with van der Waals surface area (Å²) in [6, 6.07) is 3.16. The molecular weight excluding hydrogens is 294 g/mol. The summed E-state index contributed by atoms with van der Waals surface area (Å²) in [4.78, 5) is 6.09. The number of morpholine rings is 1. The van der Waals surface area contributed by atoms with Crippen molar-refractivity contribution in [2.24, 2.45) is 5.84 Å². The minimum atomic E-state index is -3.73. The van der Waals surface area contributed by atoms with Gasteiger partial charge in [-0.2, -0.15) is 0 Å². The van der Waals surface area contributed by atoms with Crippen LogP contribution in [-0.2, 0) is 14.8 Å². The molecule has 1 fully saturated rings. The van der Waals surface area contributed by atoms with Crippen molar-refractivity contribution in [3.63, 3.8) is 0 Å². The number of nitrogens with one attached hydrogen (secondary N) is 2. The molecule has 21 heavy (non-hydrogen) atoms. The molecule has 0 saturated carbocycles. The average Bonchev–Trinajstić information content (AvgIpc) is 2.53. The van der Waals surface area contributed by atoms with Gasteiger partial charge in [0.05, 0.1) is 18.4 Å². The predicted molar refractivity (Wildman–Crippen MR) is 79.1 cm³/mol. The minimum absolute atomic E-state index is 0.115. The second kappa shape index (κ2) is 7.14. The van der Waals surface area contributed by atoms with Crippen molar-refractivity contribution in [1.82, 2.24) is 14.6 Å². The summed E-state index contributed by atoms with van der Waals surface area (Å²) in [5.74, 6) is 5.31. The molecule has 1 atom stereocenters. The molecule has 2 rings (SSSR count). The summed E-state index contributed by atoms with van der Waals surface area (Å²) in [7, 11) is -3.73. The van der Waals surface area contributed by atoms with E-state index in [0.717, 1.165) is 13.1 Å². The van der Waals surface area contributed by atoms with Gasteiger partial charge in [0.2, 0.25) is 0 Å². The van der Waals surface area contributed by atoms with Crippen molar-refractivity contribution in [1.29, 1.82) is 0 Å². The first-order valence-corrected chi connectivity index (χ1v) is 8.30. The van der Waals surface area contributed by atoms with Crippen LogP contribution in [0.2, 0.25) is 0 Å². The number of ether oxygens (including phenoxy) is 1. The van der Waals surface area contributed by atoms with Crippen LogP contribution in [-0.4, -0.2) is 57.2 Å². The zero-order chi connectivity index (χ0) is 15.3. The van der Waals surface area contributed by atoms with E-state index in [0.29, 0.717) is 13.2 Å². The fourth-order valence-corrected chi connectivity index (χ4v) is 3.34. The number of nitrogen functional groups attached to an aromatic ring is 1. The van der Waals surface area contributed by atoms with E-state index < -0.39 is 10.0 Å². The highest BCUT2D eigenvalue weighted by molar-refractivity contribution is 7.89. The van der Waals surface area contributed by atoms with Crippen molar-refractivity contribution in [2.75, 3.05) is 38.2 Å². The lowest BCUT2D eigenvalue weighted by Crippen LogP contribution is -2.47. The van der Waals surface area contributed by atoms with Crippen LogP contribution in [0.5, 0.6) is 0 Å². The van der Waals surface area contributed by atoms with Crippen molar-refractivity contribution >= 4 is 15.7 Å². The Morgan fingerprint density at radius 3 is 3.10 bits per heavy atom. The summed E-state index contributed by atoms with van der Waals surface area (Å²) in [6.07, 6.45) is 1.25. The van der Waals surface area contributed by atoms with E-state index in [1.54, 1.807) is 12.1 Å². The predicted octanol–water partition coefficient (Wildman–Crippen LogP) is -0.634. The standard InChI is InChI=1S/C12H21N5O3S/c1-2-17-6-7-20-10(9-17)8-15-21(18,19)12-11(16-13)4-3-5-14-12/h3-5,10,15-16H,2,6-9,13H2,1H3. The maximum Gasteiger partial charge on any atom is 0.260 e. The van der Waals surface area contributed by atoms with Gasteiger partial charge >= 0.3 is 0 Å². The Morgan fingerprint density at radius 2 is 2.38 bits per heavy atom. The van der Waals surface area contributed by atoms with E-state index in [1.807, 2.05) is 0 Å². The van der Waals surface area contributed by atoms with Gasteiger partial charge in [-0.05, 0) is 18.7 Å². The minimum Gasteiger partial charge on any atom is -0.374 e. The maximum atomic E-state index is 12.3. The number of hydrogen-bond acceptors (Lipinski definition) is 7. The first-order chi connectivity index (χ1) is 10.1. The number of hydrogen-bond donors (Lipinski definition) is 3. The first kappa shape index (κ1) is 16.1. The van der Waals surface area contributed by atoms with Crippen molar-refractivity contribution in [3.05, 3.63) is 18.3 Å². The Balaban J connectivity index is 2.01. The molecule has 4 N–H and O–H groups in total. The number of anilines is 1. The van der Waals surface area contributed by atoms with Crippen LogP contribution < -0.4 is 16.0 Å². The highest BCUT2D eigenvalue weighted by Crippen LogP contribution is 2.16. The average molecular weight is 315 g/mol. The van der Waals surface area contributed by atoms with Gasteiger partial charge in [0.25, 0.3) is 10.0 Å². The third kappa shape index (κ3) is 4.11. The summed E-state index contributed by atoms with van der Waals surface area (Å²) in [5.41, 5.74) is 2.59. The lowest BCUT2D eigenvalue weighted by atomic mass is 10.3. The van der Waals surface area contributed by atoms with Gasteiger partial charge in [-0.1, -0.05) is 6.92 Å². The number of rotatable bonds is 6. The number of aromatic nitrogens is 1. The van der Waals surface area contributed by atoms with E-state index >= 15 is 0 Å². The lowest BCUT2D eigenvalue weighted by molar-refractivity contribution is -0.0229. The lowest BCUT2D eigenvalue weighted by Gasteiger charge is -2.32. The number of sulfonamides is 1. The number of nitrogens with two attached hydrogens (primary N) is 1. The molecule has 0 bridgehead atoms. The van der Waals surface area contributed by atoms with Gasteiger partial charge < -0.3 is 10.2 Å². The number of nitrogens with zero attached hydrogens (tertiary/aromatic N) is 2. The maximum absolute atomic E-state index is 12.3. The highest BCUT2D eigenvalue weighted by atomic mass is 32.2. The SMILES string of the molecule is CCN1CCOC(CNS(=O)(=O)c2ncccc2NN)C1. The number of hydrazine groups is 1. The fraction of sp³-hybridized carbons (Fsp3) is 0.583. The van der Waals surface area contributed by atoms with Crippen LogP contribution in [0.1, 0.15) is 6.92 Å². The zero-order valence-corrected chi connectivity index (χ0v) is 12.8. The summed E-state index contributed by atoms with van der Waals surface area (Å²) in [6.45, 7) is 5.40. The van der Waals surface area contributed by atoms with Gasteiger partial charge in [0.1, 0.15) is 0 Å². The van der Waals surface area contributed by atoms with Crippen LogP contribution in [0.4, 0.5) is 5.69 Å². The Labute approximate surface area is 124 Å². The van der Waals surface area contributed by atoms with Crippen molar-refractivity contribution in [3.8, 4) is 0 Å². The second-order valence-electron chi connectivity index (χ2n) is 4.74. The Hall–Kier alpha value is -1.26. The van der Waals surface area contributed by atoms with Gasteiger partial charge in [0.15, 0.2) is 5.03 Å². The van der Waals surface area contributed by atoms with Gasteiger partial charge in [0, 0.05) is 25.8 Å². The highest BCUT2D eigenvalue weighted by Gasteiger charge is 2.24. The number of pyridine rings is 1. The topological polar surface area (TPSA) is 110 Å². The van der Waals surface area contributed by atoms with E-state index in [2.05, 4.69) is 27.0 Å². The monoisotopic (exact) mass is 315 g/mol. The molecule has 0 amide bonds. The van der Waals surface area contributed by atoms with Crippen LogP contribution >= 0.6 is 0 Å². The van der Waals surface area contributed by atoms with Crippen molar-refractivity contribution in [2.45, 2.75) is 18.1 Å². The molecular formula is C12H21N5O3S. The molecule has 0 aliphatic carbocycles. The van der Waals surface area contributed by atoms with Gasteiger partial charge in [-0.3, -0.25) is 10.7 Å². The quantitative estimate of drug-likeness (QED) is 0.473. The molecule has 0 aromatic carbocycles. The van der Waals surface area contributed by atoms with Crippen LogP contribution in [0.25, 0.3) is 0 Å². The summed E-state index contributed by atoms with van der Waals surface area (Å²) < 4.78 is 32.6. The molecule has 1 aromatic rings. The normalized spacial score (nSPS) is 20.4. The molecule has 1 aromatic heterocycles. The van der Waals surface area contributed by atoms with E-state index in [1.165, 1.54) is 6.20 Å². The molecule has 0 spiro atoms. The van der Waals surface area contributed by atoms with Crippen LogP contribution in [0.3, 0.4) is 0 Å². The van der Waals surface area contributed by atoms with E-state index in [-0.39, 0.29) is 23.4 Å². The third-order valence-electron chi connectivity index (χ3n) is 3.35. The largest absolute Gasteiger partial charge is 0.374 e. The molecule has 118 valence electrons. The second-order valence-corrected chi connectivity index (χ2v) is 6.42. The zero-order valence-electron chi connectivity index (χ0n) is 11.9. The molecule has 1 aliphatic rings. The molecule has 1 unspecified atom stereocenters. The molecule has 1 saturated heterocycles. The Kier molecular flexibility index (Phi) is 5.48. The molecule has 0 radical (unpaired) electrons. The smallest absolute Gasteiger partial charge is 0.260 e. The summed E-state index contributed by atoms with van der Waals surface area (Å²) >= 11 is 0. The Bertz CT molecular complexity index is 566. The molecule has 8 nitrogen and oxygen atoms in total. The molecule has 2 heterocycles. The van der Waals surface area contributed by atoms with Crippen LogP contribution in [0.15, 0.2) is 23.4 Å². The molecule has 1 aliphatic heterocycles. The number of likely N-dealkylation sites (N-methyl/N-ethyl adjacent to an activating group) is 1.